The quantitative estimate of drug-likeness (QED) is 0.732. The fourth-order valence-corrected chi connectivity index (χ4v) is 2.02. The van der Waals surface area contributed by atoms with E-state index in [1.165, 1.54) is 5.56 Å². The molecule has 1 heterocycles. The van der Waals surface area contributed by atoms with E-state index in [0.717, 1.165) is 17.6 Å². The molecule has 2 nitrogen and oxygen atoms in total. The molecule has 1 aromatic carbocycles. The number of fused-ring (bicyclic) bond motifs is 1. The summed E-state index contributed by atoms with van der Waals surface area (Å²) in [5.41, 5.74) is 3.85. The first-order chi connectivity index (χ1) is 7.56. The Labute approximate surface area is 94.9 Å². The highest BCUT2D eigenvalue weighted by atomic mass is 16.3. The van der Waals surface area contributed by atoms with Crippen molar-refractivity contribution < 1.29 is 4.42 Å². The third-order valence-electron chi connectivity index (χ3n) is 3.27. The van der Waals surface area contributed by atoms with Gasteiger partial charge in [-0.3, -0.25) is 4.79 Å². The SMILES string of the molecule is CCc1ccc2c(=O)c(C)c(C)oc2c1C. The zero-order valence-corrected chi connectivity index (χ0v) is 10.2. The zero-order valence-electron chi connectivity index (χ0n) is 10.2. The zero-order chi connectivity index (χ0) is 11.9. The number of hydrogen-bond acceptors (Lipinski definition) is 2. The average Bonchev–Trinajstić information content (AvgIpc) is 2.28. The van der Waals surface area contributed by atoms with Crippen LogP contribution in [0.2, 0.25) is 0 Å². The van der Waals surface area contributed by atoms with E-state index in [1.54, 1.807) is 0 Å². The lowest BCUT2D eigenvalue weighted by Crippen LogP contribution is -2.08. The molecule has 84 valence electrons. The average molecular weight is 216 g/mol. The minimum atomic E-state index is 0.0875. The van der Waals surface area contributed by atoms with Gasteiger partial charge in [-0.1, -0.05) is 13.0 Å². The van der Waals surface area contributed by atoms with Crippen LogP contribution in [0.5, 0.6) is 0 Å². The van der Waals surface area contributed by atoms with Gasteiger partial charge in [-0.25, -0.2) is 0 Å². The van der Waals surface area contributed by atoms with Crippen LogP contribution in [-0.2, 0) is 6.42 Å². The van der Waals surface area contributed by atoms with Gasteiger partial charge in [0.15, 0.2) is 5.43 Å². The maximum atomic E-state index is 12.0. The Morgan fingerprint density at radius 2 is 1.81 bits per heavy atom. The van der Waals surface area contributed by atoms with Crippen LogP contribution in [0.1, 0.15) is 29.4 Å². The number of aryl methyl sites for hydroxylation is 3. The predicted octanol–water partition coefficient (Wildman–Crippen LogP) is 3.28. The molecule has 2 heteroatoms. The maximum absolute atomic E-state index is 12.0. The first-order valence-electron chi connectivity index (χ1n) is 5.58. The van der Waals surface area contributed by atoms with Gasteiger partial charge in [0.05, 0.1) is 5.39 Å². The van der Waals surface area contributed by atoms with Gasteiger partial charge >= 0.3 is 0 Å². The van der Waals surface area contributed by atoms with Gasteiger partial charge in [0.2, 0.25) is 0 Å². The summed E-state index contributed by atoms with van der Waals surface area (Å²) in [7, 11) is 0. The van der Waals surface area contributed by atoms with Crippen LogP contribution in [0, 0.1) is 20.8 Å². The molecule has 0 unspecified atom stereocenters. The third-order valence-corrected chi connectivity index (χ3v) is 3.27. The van der Waals surface area contributed by atoms with Crippen molar-refractivity contribution in [3.63, 3.8) is 0 Å². The molecular formula is C14H16O2. The maximum Gasteiger partial charge on any atom is 0.195 e. The monoisotopic (exact) mass is 216 g/mol. The summed E-state index contributed by atoms with van der Waals surface area (Å²) < 4.78 is 5.75. The molecule has 0 aliphatic heterocycles. The fraction of sp³-hybridized carbons (Fsp3) is 0.357. The molecule has 16 heavy (non-hydrogen) atoms. The van der Waals surface area contributed by atoms with Gasteiger partial charge in [0.1, 0.15) is 11.3 Å². The molecule has 0 aliphatic carbocycles. The third kappa shape index (κ3) is 1.45. The van der Waals surface area contributed by atoms with Crippen molar-refractivity contribution in [1.29, 1.82) is 0 Å². The summed E-state index contributed by atoms with van der Waals surface area (Å²) in [5.74, 6) is 0.717. The lowest BCUT2D eigenvalue weighted by Gasteiger charge is -2.08. The van der Waals surface area contributed by atoms with Crippen LogP contribution in [0.4, 0.5) is 0 Å². The highest BCUT2D eigenvalue weighted by molar-refractivity contribution is 5.81. The molecule has 2 rings (SSSR count). The lowest BCUT2D eigenvalue weighted by atomic mass is 10.0. The van der Waals surface area contributed by atoms with Crippen LogP contribution in [0.25, 0.3) is 11.0 Å². The molecule has 0 bridgehead atoms. The Bertz CT molecular complexity index is 606. The number of rotatable bonds is 1. The van der Waals surface area contributed by atoms with Crippen molar-refractivity contribution >= 4 is 11.0 Å². The minimum Gasteiger partial charge on any atom is -0.461 e. The van der Waals surface area contributed by atoms with Gasteiger partial charge in [0, 0.05) is 5.56 Å². The van der Waals surface area contributed by atoms with Gasteiger partial charge in [-0.15, -0.1) is 0 Å². The molecular weight excluding hydrogens is 200 g/mol. The van der Waals surface area contributed by atoms with Gasteiger partial charge < -0.3 is 4.42 Å². The molecule has 0 saturated carbocycles. The van der Waals surface area contributed by atoms with Crippen LogP contribution >= 0.6 is 0 Å². The first-order valence-corrected chi connectivity index (χ1v) is 5.58. The lowest BCUT2D eigenvalue weighted by molar-refractivity contribution is 0.556. The van der Waals surface area contributed by atoms with E-state index in [0.29, 0.717) is 16.7 Å². The van der Waals surface area contributed by atoms with Crippen molar-refractivity contribution in [2.75, 3.05) is 0 Å². The molecule has 0 fully saturated rings. The molecule has 1 aromatic heterocycles. The van der Waals surface area contributed by atoms with Gasteiger partial charge in [-0.05, 0) is 44.4 Å². The van der Waals surface area contributed by atoms with Crippen molar-refractivity contribution in [3.8, 4) is 0 Å². The molecule has 0 amide bonds. The highest BCUT2D eigenvalue weighted by Gasteiger charge is 2.11. The molecule has 2 aromatic rings. The molecule has 0 saturated heterocycles. The van der Waals surface area contributed by atoms with Gasteiger partial charge in [0.25, 0.3) is 0 Å². The Hall–Kier alpha value is -1.57. The Morgan fingerprint density at radius 3 is 2.44 bits per heavy atom. The van der Waals surface area contributed by atoms with E-state index in [1.807, 2.05) is 32.9 Å². The minimum absolute atomic E-state index is 0.0875. The van der Waals surface area contributed by atoms with Gasteiger partial charge in [-0.2, -0.15) is 0 Å². The van der Waals surface area contributed by atoms with Crippen LogP contribution in [0.15, 0.2) is 21.3 Å². The van der Waals surface area contributed by atoms with Crippen molar-refractivity contribution in [3.05, 3.63) is 44.8 Å². The van der Waals surface area contributed by atoms with Crippen molar-refractivity contribution in [2.24, 2.45) is 0 Å². The summed E-state index contributed by atoms with van der Waals surface area (Å²) in [6.07, 6.45) is 0.957. The smallest absolute Gasteiger partial charge is 0.195 e. The summed E-state index contributed by atoms with van der Waals surface area (Å²) in [6.45, 7) is 7.77. The molecule has 0 atom stereocenters. The molecule has 0 radical (unpaired) electrons. The van der Waals surface area contributed by atoms with Crippen LogP contribution in [-0.4, -0.2) is 0 Å². The van der Waals surface area contributed by atoms with E-state index in [-0.39, 0.29) is 5.43 Å². The molecule has 0 spiro atoms. The number of hydrogen-bond donors (Lipinski definition) is 0. The van der Waals surface area contributed by atoms with E-state index in [2.05, 4.69) is 6.92 Å². The molecule has 0 aliphatic rings. The van der Waals surface area contributed by atoms with Crippen molar-refractivity contribution in [1.82, 2.24) is 0 Å². The largest absolute Gasteiger partial charge is 0.461 e. The topological polar surface area (TPSA) is 30.2 Å². The Balaban J connectivity index is 2.96. The second-order valence-electron chi connectivity index (χ2n) is 4.19. The predicted molar refractivity (Wildman–Crippen MR) is 66.1 cm³/mol. The summed E-state index contributed by atoms with van der Waals surface area (Å²) in [5, 5.41) is 0.692. The standard InChI is InChI=1S/C14H16O2/c1-5-11-6-7-12-13(15)8(2)10(4)16-14(12)9(11)3/h6-7H,5H2,1-4H3. The summed E-state index contributed by atoms with van der Waals surface area (Å²) >= 11 is 0. The Kier molecular flexibility index (Phi) is 2.58. The normalized spacial score (nSPS) is 11.0. The van der Waals surface area contributed by atoms with E-state index < -0.39 is 0 Å². The van der Waals surface area contributed by atoms with E-state index in [4.69, 9.17) is 4.42 Å². The van der Waals surface area contributed by atoms with Crippen LogP contribution < -0.4 is 5.43 Å². The summed E-state index contributed by atoms with van der Waals surface area (Å²) in [6, 6.07) is 3.89. The second-order valence-corrected chi connectivity index (χ2v) is 4.19. The molecule has 0 N–H and O–H groups in total. The van der Waals surface area contributed by atoms with E-state index in [9.17, 15) is 4.79 Å². The van der Waals surface area contributed by atoms with Crippen molar-refractivity contribution in [2.45, 2.75) is 34.1 Å². The number of benzene rings is 1. The first kappa shape index (κ1) is 10.9. The summed E-state index contributed by atoms with van der Waals surface area (Å²) in [4.78, 5) is 12.0. The van der Waals surface area contributed by atoms with Crippen LogP contribution in [0.3, 0.4) is 0 Å². The fourth-order valence-electron chi connectivity index (χ4n) is 2.02. The second kappa shape index (κ2) is 3.78. The Morgan fingerprint density at radius 1 is 1.12 bits per heavy atom. The van der Waals surface area contributed by atoms with E-state index >= 15 is 0 Å². The highest BCUT2D eigenvalue weighted by Crippen LogP contribution is 2.22.